The van der Waals surface area contributed by atoms with Crippen LogP contribution in [0.4, 0.5) is 0 Å². The second kappa shape index (κ2) is 4.19. The molecule has 0 aliphatic heterocycles. The molecule has 0 unspecified atom stereocenters. The number of benzene rings is 1. The molecule has 2 heteroatoms. The summed E-state index contributed by atoms with van der Waals surface area (Å²) in [5.41, 5.74) is 1.26. The summed E-state index contributed by atoms with van der Waals surface area (Å²) in [6.45, 7) is 0. The molecule has 0 spiro atoms. The molecular weight excluding hydrogens is 143 g/mol. The van der Waals surface area contributed by atoms with Crippen molar-refractivity contribution in [1.82, 2.24) is 0 Å². The van der Waals surface area contributed by atoms with Crippen molar-refractivity contribution in [3.63, 3.8) is 0 Å². The molecule has 0 radical (unpaired) electrons. The summed E-state index contributed by atoms with van der Waals surface area (Å²) in [6, 6.07) is 10.1. The van der Waals surface area contributed by atoms with Gasteiger partial charge < -0.3 is 0 Å². The average Bonchev–Trinajstić information content (AvgIpc) is 2.03. The average molecular weight is 152 g/mol. The van der Waals surface area contributed by atoms with E-state index in [0.717, 1.165) is 12.6 Å². The minimum atomic E-state index is 0.240. The third-order valence-corrected chi connectivity index (χ3v) is 1.74. The Morgan fingerprint density at radius 3 is 2.50 bits per heavy atom. The highest BCUT2D eigenvalue weighted by Gasteiger charge is 1.88. The largest absolute Gasteiger partial charge is 0.275 e. The van der Waals surface area contributed by atoms with Crippen molar-refractivity contribution in [2.45, 2.75) is 6.42 Å². The van der Waals surface area contributed by atoms with Gasteiger partial charge in [-0.05, 0) is 12.0 Å². The number of aryl methyl sites for hydroxylation is 1. The van der Waals surface area contributed by atoms with E-state index in [1.807, 2.05) is 30.3 Å². The molecule has 10 heavy (non-hydrogen) atoms. The molecule has 1 rings (SSSR count). The molecule has 0 aliphatic carbocycles. The molecule has 52 valence electrons. The van der Waals surface area contributed by atoms with Gasteiger partial charge in [-0.25, -0.2) is 0 Å². The predicted octanol–water partition coefficient (Wildman–Crippen LogP) is 2.52. The lowest BCUT2D eigenvalue weighted by Gasteiger charge is -1.92. The van der Waals surface area contributed by atoms with E-state index < -0.39 is 0 Å². The van der Waals surface area contributed by atoms with Crippen LogP contribution in [0.25, 0.3) is 0 Å². The highest BCUT2D eigenvalue weighted by atomic mass is 31.1. The van der Waals surface area contributed by atoms with Crippen LogP contribution in [0.2, 0.25) is 0 Å². The standard InChI is InChI=1S/C8H9OP/c9-10-7-6-8-4-2-1-3-5-8/h1-5H,6-7H2. The first-order valence-corrected chi connectivity index (χ1v) is 4.26. The van der Waals surface area contributed by atoms with E-state index in [4.69, 9.17) is 0 Å². The van der Waals surface area contributed by atoms with Gasteiger partial charge in [0.05, 0.1) is 0 Å². The first kappa shape index (κ1) is 7.43. The molecule has 0 aliphatic rings. The van der Waals surface area contributed by atoms with Crippen molar-refractivity contribution < 1.29 is 4.57 Å². The Balaban J connectivity index is 2.50. The second-order valence-corrected chi connectivity index (χ2v) is 2.79. The maximum atomic E-state index is 10.1. The highest BCUT2D eigenvalue weighted by Crippen LogP contribution is 2.02. The first-order chi connectivity index (χ1) is 4.93. The summed E-state index contributed by atoms with van der Waals surface area (Å²) in [5.74, 6) is 0. The van der Waals surface area contributed by atoms with Gasteiger partial charge in [-0.15, -0.1) is 0 Å². The summed E-state index contributed by atoms with van der Waals surface area (Å²) in [5, 5.41) is 0. The SMILES string of the molecule is O=PCCc1ccccc1. The van der Waals surface area contributed by atoms with Gasteiger partial charge in [-0.3, -0.25) is 4.57 Å². The van der Waals surface area contributed by atoms with Gasteiger partial charge in [-0.2, -0.15) is 0 Å². The molecule has 1 nitrogen and oxygen atoms in total. The molecule has 0 atom stereocenters. The van der Waals surface area contributed by atoms with Crippen molar-refractivity contribution >= 4 is 8.46 Å². The molecule has 0 fully saturated rings. The zero-order valence-electron chi connectivity index (χ0n) is 5.66. The van der Waals surface area contributed by atoms with Crippen LogP contribution in [-0.2, 0) is 11.0 Å². The zero-order chi connectivity index (χ0) is 7.23. The maximum absolute atomic E-state index is 10.1. The fourth-order valence-electron chi connectivity index (χ4n) is 0.819. The Kier molecular flexibility index (Phi) is 3.11. The van der Waals surface area contributed by atoms with Gasteiger partial charge >= 0.3 is 0 Å². The number of hydrogen-bond donors (Lipinski definition) is 0. The normalized spacial score (nSPS) is 10.0. The van der Waals surface area contributed by atoms with Crippen LogP contribution >= 0.6 is 8.46 Å². The molecule has 0 heterocycles. The summed E-state index contributed by atoms with van der Waals surface area (Å²) in [6.07, 6.45) is 1.63. The van der Waals surface area contributed by atoms with Crippen LogP contribution in [0, 0.1) is 0 Å². The molecule has 1 aromatic rings. The van der Waals surface area contributed by atoms with E-state index >= 15 is 0 Å². The first-order valence-electron chi connectivity index (χ1n) is 3.26. The molecule has 0 bridgehead atoms. The van der Waals surface area contributed by atoms with Gasteiger partial charge in [0.15, 0.2) is 8.46 Å². The Hall–Kier alpha value is -0.680. The van der Waals surface area contributed by atoms with Crippen LogP contribution < -0.4 is 0 Å². The van der Waals surface area contributed by atoms with Gasteiger partial charge in [0, 0.05) is 6.16 Å². The van der Waals surface area contributed by atoms with Crippen molar-refractivity contribution in [2.24, 2.45) is 0 Å². The Morgan fingerprint density at radius 1 is 1.20 bits per heavy atom. The quantitative estimate of drug-likeness (QED) is 0.608. The Labute approximate surface area is 62.3 Å². The predicted molar refractivity (Wildman–Crippen MR) is 42.6 cm³/mol. The molecule has 1 aromatic carbocycles. The second-order valence-electron chi connectivity index (χ2n) is 2.09. The van der Waals surface area contributed by atoms with Crippen LogP contribution in [0.15, 0.2) is 30.3 Å². The smallest absolute Gasteiger partial charge is 0.155 e. The molecule has 0 amide bonds. The van der Waals surface area contributed by atoms with Crippen molar-refractivity contribution in [3.8, 4) is 0 Å². The van der Waals surface area contributed by atoms with Crippen molar-refractivity contribution in [1.29, 1.82) is 0 Å². The van der Waals surface area contributed by atoms with Crippen molar-refractivity contribution in [3.05, 3.63) is 35.9 Å². The summed E-state index contributed by atoms with van der Waals surface area (Å²) >= 11 is 0. The zero-order valence-corrected chi connectivity index (χ0v) is 6.55. The fraction of sp³-hybridized carbons (Fsp3) is 0.250. The molecule has 0 saturated carbocycles. The van der Waals surface area contributed by atoms with Gasteiger partial charge in [0.1, 0.15) is 0 Å². The van der Waals surface area contributed by atoms with E-state index in [1.165, 1.54) is 5.56 Å². The number of rotatable bonds is 3. The lowest BCUT2D eigenvalue weighted by molar-refractivity contribution is 0.598. The summed E-state index contributed by atoms with van der Waals surface area (Å²) < 4.78 is 10.1. The Bertz CT molecular complexity index is 196. The fourth-order valence-corrected chi connectivity index (χ4v) is 1.17. The maximum Gasteiger partial charge on any atom is 0.155 e. The topological polar surface area (TPSA) is 17.1 Å². The molecular formula is C8H9OP. The monoisotopic (exact) mass is 152 g/mol. The molecule has 0 N–H and O–H groups in total. The highest BCUT2D eigenvalue weighted by molar-refractivity contribution is 7.23. The molecule has 0 aromatic heterocycles. The van der Waals surface area contributed by atoms with Crippen molar-refractivity contribution in [2.75, 3.05) is 6.16 Å². The van der Waals surface area contributed by atoms with Crippen LogP contribution in [0.5, 0.6) is 0 Å². The lowest BCUT2D eigenvalue weighted by atomic mass is 10.2. The van der Waals surface area contributed by atoms with Gasteiger partial charge in [-0.1, -0.05) is 30.3 Å². The van der Waals surface area contributed by atoms with Gasteiger partial charge in [0.2, 0.25) is 0 Å². The van der Waals surface area contributed by atoms with Crippen LogP contribution in [-0.4, -0.2) is 6.16 Å². The summed E-state index contributed by atoms with van der Waals surface area (Å²) in [7, 11) is 0.240. The minimum Gasteiger partial charge on any atom is -0.275 e. The van der Waals surface area contributed by atoms with E-state index in [-0.39, 0.29) is 8.46 Å². The van der Waals surface area contributed by atoms with E-state index in [0.29, 0.717) is 0 Å². The Morgan fingerprint density at radius 2 is 1.90 bits per heavy atom. The van der Waals surface area contributed by atoms with Crippen LogP contribution in [0.3, 0.4) is 0 Å². The summed E-state index contributed by atoms with van der Waals surface area (Å²) in [4.78, 5) is 0. The molecule has 0 saturated heterocycles. The van der Waals surface area contributed by atoms with Crippen LogP contribution in [0.1, 0.15) is 5.56 Å². The van der Waals surface area contributed by atoms with E-state index in [2.05, 4.69) is 0 Å². The number of hydrogen-bond acceptors (Lipinski definition) is 1. The van der Waals surface area contributed by atoms with E-state index in [9.17, 15) is 4.57 Å². The lowest BCUT2D eigenvalue weighted by Crippen LogP contribution is -1.83. The third-order valence-electron chi connectivity index (χ3n) is 1.33. The van der Waals surface area contributed by atoms with E-state index in [1.54, 1.807) is 0 Å². The minimum absolute atomic E-state index is 0.240. The third kappa shape index (κ3) is 2.28. The van der Waals surface area contributed by atoms with Gasteiger partial charge in [0.25, 0.3) is 0 Å².